The van der Waals surface area contributed by atoms with Gasteiger partial charge in [-0.15, -0.1) is 5.10 Å². The number of hydrogen-bond donors (Lipinski definition) is 0. The molecule has 10 heteroatoms. The van der Waals surface area contributed by atoms with Gasteiger partial charge in [0.15, 0.2) is 16.8 Å². The third kappa shape index (κ3) is 3.17. The van der Waals surface area contributed by atoms with Crippen LogP contribution in [0.2, 0.25) is 0 Å². The standard InChI is InChI=1S/C18H12F4N4O2/c1-9-5-3-4-6-11(9)15-23-14-12(27-15)7-10(19)8-13(14)28-17-24-16(18(20,21)22)25-26(17)2/h3-8H,1-2H3. The number of aryl methyl sites for hydroxylation is 2. The van der Waals surface area contributed by atoms with E-state index in [2.05, 4.69) is 15.1 Å². The molecule has 144 valence electrons. The van der Waals surface area contributed by atoms with E-state index in [0.717, 1.165) is 22.4 Å². The lowest BCUT2D eigenvalue weighted by atomic mass is 10.1. The molecule has 0 saturated carbocycles. The molecule has 0 unspecified atom stereocenters. The Hall–Kier alpha value is -3.43. The van der Waals surface area contributed by atoms with Gasteiger partial charge in [0, 0.05) is 24.7 Å². The van der Waals surface area contributed by atoms with Crippen LogP contribution in [-0.4, -0.2) is 19.7 Å². The highest BCUT2D eigenvalue weighted by molar-refractivity contribution is 5.83. The van der Waals surface area contributed by atoms with E-state index in [-0.39, 0.29) is 22.7 Å². The second-order valence-corrected chi connectivity index (χ2v) is 6.03. The number of oxazole rings is 1. The monoisotopic (exact) mass is 392 g/mol. The van der Waals surface area contributed by atoms with Gasteiger partial charge in [0.05, 0.1) is 0 Å². The first-order chi connectivity index (χ1) is 13.2. The zero-order valence-electron chi connectivity index (χ0n) is 14.6. The van der Waals surface area contributed by atoms with Gasteiger partial charge in [-0.05, 0) is 18.6 Å². The number of aromatic nitrogens is 4. The van der Waals surface area contributed by atoms with Gasteiger partial charge >= 0.3 is 12.2 Å². The molecule has 0 N–H and O–H groups in total. The van der Waals surface area contributed by atoms with Gasteiger partial charge in [-0.2, -0.15) is 18.2 Å². The van der Waals surface area contributed by atoms with Crippen molar-refractivity contribution in [2.45, 2.75) is 13.1 Å². The maximum Gasteiger partial charge on any atom is 0.453 e. The van der Waals surface area contributed by atoms with E-state index in [4.69, 9.17) is 9.15 Å². The maximum absolute atomic E-state index is 14.0. The lowest BCUT2D eigenvalue weighted by Crippen LogP contribution is -2.08. The summed E-state index contributed by atoms with van der Waals surface area (Å²) in [6.45, 7) is 1.86. The van der Waals surface area contributed by atoms with E-state index in [9.17, 15) is 17.6 Å². The number of ether oxygens (including phenoxy) is 1. The van der Waals surface area contributed by atoms with Crippen molar-refractivity contribution in [3.05, 3.63) is 53.6 Å². The summed E-state index contributed by atoms with van der Waals surface area (Å²) in [6, 6.07) is 8.95. The van der Waals surface area contributed by atoms with Gasteiger partial charge in [0.1, 0.15) is 5.82 Å². The Morgan fingerprint density at radius 1 is 1.11 bits per heavy atom. The molecule has 0 saturated heterocycles. The molecule has 28 heavy (non-hydrogen) atoms. The molecule has 0 aliphatic carbocycles. The molecule has 0 atom stereocenters. The summed E-state index contributed by atoms with van der Waals surface area (Å²) in [5.41, 5.74) is 1.82. The Morgan fingerprint density at radius 2 is 1.86 bits per heavy atom. The van der Waals surface area contributed by atoms with Crippen molar-refractivity contribution < 1.29 is 26.7 Å². The van der Waals surface area contributed by atoms with Crippen LogP contribution in [0.25, 0.3) is 22.6 Å². The Morgan fingerprint density at radius 3 is 2.54 bits per heavy atom. The van der Waals surface area contributed by atoms with E-state index < -0.39 is 23.8 Å². The number of halogens is 4. The van der Waals surface area contributed by atoms with Crippen LogP contribution in [0.3, 0.4) is 0 Å². The number of benzene rings is 2. The zero-order chi connectivity index (χ0) is 20.1. The van der Waals surface area contributed by atoms with E-state index in [1.54, 1.807) is 12.1 Å². The summed E-state index contributed by atoms with van der Waals surface area (Å²) in [4.78, 5) is 7.64. The summed E-state index contributed by atoms with van der Waals surface area (Å²) in [6.07, 6.45) is -4.73. The average Bonchev–Trinajstić information content (AvgIpc) is 3.19. The van der Waals surface area contributed by atoms with Crippen molar-refractivity contribution >= 4 is 11.1 Å². The van der Waals surface area contributed by atoms with E-state index in [0.29, 0.717) is 5.56 Å². The van der Waals surface area contributed by atoms with E-state index in [1.807, 2.05) is 19.1 Å². The number of rotatable bonds is 3. The minimum atomic E-state index is -4.73. The molecule has 0 aliphatic rings. The van der Waals surface area contributed by atoms with Crippen LogP contribution in [0.15, 0.2) is 40.8 Å². The molecule has 6 nitrogen and oxygen atoms in total. The molecule has 2 aromatic heterocycles. The first kappa shape index (κ1) is 18.0. The van der Waals surface area contributed by atoms with Crippen molar-refractivity contribution in [1.29, 1.82) is 0 Å². The lowest BCUT2D eigenvalue weighted by Gasteiger charge is -2.04. The highest BCUT2D eigenvalue weighted by Gasteiger charge is 2.37. The molecule has 4 aromatic rings. The molecule has 0 bridgehead atoms. The first-order valence-corrected chi connectivity index (χ1v) is 8.04. The molecule has 0 radical (unpaired) electrons. The van der Waals surface area contributed by atoms with Gasteiger partial charge in [-0.3, -0.25) is 0 Å². The van der Waals surface area contributed by atoms with Crippen LogP contribution in [0.5, 0.6) is 11.8 Å². The fourth-order valence-corrected chi connectivity index (χ4v) is 2.65. The number of hydrogen-bond acceptors (Lipinski definition) is 5. The highest BCUT2D eigenvalue weighted by Crippen LogP contribution is 2.35. The highest BCUT2D eigenvalue weighted by atomic mass is 19.4. The van der Waals surface area contributed by atoms with Crippen molar-refractivity contribution in [3.8, 4) is 23.2 Å². The van der Waals surface area contributed by atoms with Crippen molar-refractivity contribution in [2.24, 2.45) is 7.05 Å². The third-order valence-corrected chi connectivity index (χ3v) is 3.98. The van der Waals surface area contributed by atoms with Crippen LogP contribution in [0.4, 0.5) is 17.6 Å². The summed E-state index contributed by atoms with van der Waals surface area (Å²) >= 11 is 0. The summed E-state index contributed by atoms with van der Waals surface area (Å²) in [5.74, 6) is -1.97. The number of alkyl halides is 3. The van der Waals surface area contributed by atoms with Crippen molar-refractivity contribution in [1.82, 2.24) is 19.7 Å². The lowest BCUT2D eigenvalue weighted by molar-refractivity contribution is -0.145. The second kappa shape index (κ2) is 6.32. The fraction of sp³-hybridized carbons (Fsp3) is 0.167. The quantitative estimate of drug-likeness (QED) is 0.465. The minimum Gasteiger partial charge on any atom is -0.436 e. The van der Waals surface area contributed by atoms with Crippen LogP contribution in [0.1, 0.15) is 11.4 Å². The van der Waals surface area contributed by atoms with E-state index >= 15 is 0 Å². The molecule has 0 spiro atoms. The molecule has 0 aliphatic heterocycles. The van der Waals surface area contributed by atoms with Crippen LogP contribution in [0, 0.1) is 12.7 Å². The smallest absolute Gasteiger partial charge is 0.436 e. The van der Waals surface area contributed by atoms with Gasteiger partial charge in [-0.1, -0.05) is 18.2 Å². The average molecular weight is 392 g/mol. The predicted molar refractivity (Wildman–Crippen MR) is 90.2 cm³/mol. The molecular formula is C18H12F4N4O2. The van der Waals surface area contributed by atoms with Gasteiger partial charge in [0.25, 0.3) is 5.82 Å². The minimum absolute atomic E-state index is 0.0893. The van der Waals surface area contributed by atoms with Crippen LogP contribution < -0.4 is 4.74 Å². The summed E-state index contributed by atoms with van der Waals surface area (Å²) in [5, 5.41) is 3.26. The van der Waals surface area contributed by atoms with Gasteiger partial charge in [0.2, 0.25) is 5.89 Å². The normalized spacial score (nSPS) is 11.9. The zero-order valence-corrected chi connectivity index (χ0v) is 14.6. The Kier molecular flexibility index (Phi) is 4.06. The van der Waals surface area contributed by atoms with Gasteiger partial charge in [-0.25, -0.2) is 14.1 Å². The second-order valence-electron chi connectivity index (χ2n) is 6.03. The van der Waals surface area contributed by atoms with Crippen LogP contribution in [-0.2, 0) is 13.2 Å². The number of fused-ring (bicyclic) bond motifs is 1. The molecule has 0 amide bonds. The Bertz CT molecular complexity index is 1180. The molecule has 2 heterocycles. The molecule has 2 aromatic carbocycles. The number of nitrogens with zero attached hydrogens (tertiary/aromatic N) is 4. The Labute approximate surface area is 155 Å². The molecule has 4 rings (SSSR count). The Balaban J connectivity index is 1.80. The maximum atomic E-state index is 14.0. The first-order valence-electron chi connectivity index (χ1n) is 8.04. The predicted octanol–water partition coefficient (Wildman–Crippen LogP) is 4.88. The van der Waals surface area contributed by atoms with E-state index in [1.165, 1.54) is 7.05 Å². The third-order valence-electron chi connectivity index (χ3n) is 3.98. The summed E-state index contributed by atoms with van der Waals surface area (Å²) in [7, 11) is 1.23. The van der Waals surface area contributed by atoms with Crippen molar-refractivity contribution in [3.63, 3.8) is 0 Å². The fourth-order valence-electron chi connectivity index (χ4n) is 2.65. The largest absolute Gasteiger partial charge is 0.453 e. The van der Waals surface area contributed by atoms with Crippen LogP contribution >= 0.6 is 0 Å². The van der Waals surface area contributed by atoms with Gasteiger partial charge < -0.3 is 9.15 Å². The van der Waals surface area contributed by atoms with Crippen molar-refractivity contribution in [2.75, 3.05) is 0 Å². The topological polar surface area (TPSA) is 66.0 Å². The molecular weight excluding hydrogens is 380 g/mol. The summed E-state index contributed by atoms with van der Waals surface area (Å²) < 4.78 is 64.2. The SMILES string of the molecule is Cc1ccccc1-c1nc2c(Oc3nc(C(F)(F)F)nn3C)cc(F)cc2o1. The molecule has 0 fully saturated rings.